The fraction of sp³-hybridized carbons (Fsp3) is 0.133. The third kappa shape index (κ3) is 4.82. The molecule has 0 amide bonds. The van der Waals surface area contributed by atoms with Crippen LogP contribution in [0.2, 0.25) is 0 Å². The molecular formula is C30H24N2S5. The maximum absolute atomic E-state index is 4.74. The summed E-state index contributed by atoms with van der Waals surface area (Å²) < 4.78 is 9.48. The zero-order valence-corrected chi connectivity index (χ0v) is 24.9. The van der Waals surface area contributed by atoms with Crippen molar-refractivity contribution >= 4 is 92.4 Å². The van der Waals surface area contributed by atoms with Crippen molar-refractivity contribution in [1.82, 2.24) is 8.75 Å². The second-order valence-electron chi connectivity index (χ2n) is 9.04. The number of hydrogen-bond acceptors (Lipinski definition) is 7. The van der Waals surface area contributed by atoms with E-state index in [4.69, 9.17) is 8.75 Å². The molecule has 37 heavy (non-hydrogen) atoms. The number of nitrogens with zero attached hydrogens (tertiary/aromatic N) is 2. The Morgan fingerprint density at radius 1 is 0.541 bits per heavy atom. The lowest BCUT2D eigenvalue weighted by molar-refractivity contribution is 1.52. The van der Waals surface area contributed by atoms with Gasteiger partial charge in [-0.15, -0.1) is 45.3 Å². The average Bonchev–Trinajstić information content (AvgIpc) is 3.70. The van der Waals surface area contributed by atoms with Gasteiger partial charge in [0.1, 0.15) is 11.0 Å². The normalized spacial score (nSPS) is 12.1. The number of benzene rings is 1. The van der Waals surface area contributed by atoms with Crippen molar-refractivity contribution in [3.05, 3.63) is 88.9 Å². The lowest BCUT2D eigenvalue weighted by Crippen LogP contribution is -1.82. The SMILES string of the molecule is Cc1ccsc1/C=C/c1sc(-c2ccc(-c3cc(C)c(/C=C/c4sccc4C)s3)c3nsnc23)cc1C. The molecule has 6 aromatic rings. The molecular weight excluding hydrogens is 549 g/mol. The van der Waals surface area contributed by atoms with Gasteiger partial charge in [0, 0.05) is 40.4 Å². The van der Waals surface area contributed by atoms with Crippen molar-refractivity contribution in [2.45, 2.75) is 27.7 Å². The summed E-state index contributed by atoms with van der Waals surface area (Å²) in [6.45, 7) is 8.70. The van der Waals surface area contributed by atoms with Crippen molar-refractivity contribution in [3.8, 4) is 20.9 Å². The van der Waals surface area contributed by atoms with Gasteiger partial charge < -0.3 is 0 Å². The van der Waals surface area contributed by atoms with E-state index >= 15 is 0 Å². The minimum absolute atomic E-state index is 0.991. The van der Waals surface area contributed by atoms with Gasteiger partial charge in [0.2, 0.25) is 0 Å². The smallest absolute Gasteiger partial charge is 0.114 e. The molecule has 7 heteroatoms. The Hall–Kier alpha value is -2.68. The summed E-state index contributed by atoms with van der Waals surface area (Å²) in [4.78, 5) is 7.68. The topological polar surface area (TPSA) is 25.8 Å². The minimum atomic E-state index is 0.991. The first-order valence-electron chi connectivity index (χ1n) is 11.9. The van der Waals surface area contributed by atoms with Crippen LogP contribution in [0.5, 0.6) is 0 Å². The van der Waals surface area contributed by atoms with Crippen LogP contribution in [-0.4, -0.2) is 8.75 Å². The molecule has 0 atom stereocenters. The molecule has 184 valence electrons. The van der Waals surface area contributed by atoms with Gasteiger partial charge in [0.15, 0.2) is 0 Å². The Morgan fingerprint density at radius 2 is 0.973 bits per heavy atom. The third-order valence-corrected chi connectivity index (χ3v) is 11.4. The first-order valence-corrected chi connectivity index (χ1v) is 16.0. The number of fused-ring (bicyclic) bond motifs is 1. The Labute approximate surface area is 237 Å². The zero-order valence-electron chi connectivity index (χ0n) is 20.9. The van der Waals surface area contributed by atoms with Crippen molar-refractivity contribution < 1.29 is 0 Å². The van der Waals surface area contributed by atoms with Crippen LogP contribution in [0.4, 0.5) is 0 Å². The number of aromatic nitrogens is 2. The van der Waals surface area contributed by atoms with Crippen LogP contribution < -0.4 is 0 Å². The molecule has 0 saturated carbocycles. The molecule has 6 rings (SSSR count). The van der Waals surface area contributed by atoms with Crippen LogP contribution >= 0.6 is 57.1 Å². The van der Waals surface area contributed by atoms with Crippen LogP contribution in [0.3, 0.4) is 0 Å². The van der Waals surface area contributed by atoms with Crippen LogP contribution in [0.15, 0.2) is 47.2 Å². The van der Waals surface area contributed by atoms with Crippen LogP contribution in [0.1, 0.15) is 41.8 Å². The van der Waals surface area contributed by atoms with E-state index in [0.717, 1.165) is 22.2 Å². The summed E-state index contributed by atoms with van der Waals surface area (Å²) in [6.07, 6.45) is 8.95. The highest BCUT2D eigenvalue weighted by atomic mass is 32.1. The number of hydrogen-bond donors (Lipinski definition) is 0. The molecule has 0 aliphatic rings. The Balaban J connectivity index is 1.34. The third-order valence-electron chi connectivity index (χ3n) is 6.43. The quantitative estimate of drug-likeness (QED) is 0.198. The molecule has 0 aliphatic carbocycles. The van der Waals surface area contributed by atoms with Crippen molar-refractivity contribution in [3.63, 3.8) is 0 Å². The summed E-state index contributed by atoms with van der Waals surface area (Å²) in [5, 5.41) is 4.29. The molecule has 5 aromatic heterocycles. The molecule has 5 heterocycles. The fourth-order valence-corrected chi connectivity index (χ4v) is 8.69. The summed E-state index contributed by atoms with van der Waals surface area (Å²) >= 11 is 8.51. The van der Waals surface area contributed by atoms with Crippen LogP contribution in [-0.2, 0) is 0 Å². The Bertz CT molecular complexity index is 1650. The number of thiophene rings is 4. The van der Waals surface area contributed by atoms with E-state index in [1.807, 2.05) is 22.7 Å². The largest absolute Gasteiger partial charge is 0.172 e. The standard InChI is InChI=1S/C30H24N2S5/c1-17-11-13-33-23(17)7-9-25-19(3)15-27(35-25)21-5-6-22(30-29(21)31-37-32-30)28-16-20(4)26(36-28)10-8-24-18(2)12-14-34-24/h5-16H,1-4H3/b9-7+,10-8+. The first kappa shape index (κ1) is 24.6. The summed E-state index contributed by atoms with van der Waals surface area (Å²) in [5.74, 6) is 0. The van der Waals surface area contributed by atoms with Gasteiger partial charge in [0.25, 0.3) is 0 Å². The van der Waals surface area contributed by atoms with E-state index in [9.17, 15) is 0 Å². The van der Waals surface area contributed by atoms with Gasteiger partial charge in [-0.1, -0.05) is 12.1 Å². The van der Waals surface area contributed by atoms with Gasteiger partial charge in [-0.25, -0.2) is 0 Å². The van der Waals surface area contributed by atoms with Crippen molar-refractivity contribution in [2.75, 3.05) is 0 Å². The average molecular weight is 573 g/mol. The summed E-state index contributed by atoms with van der Waals surface area (Å²) in [5.41, 5.74) is 9.53. The fourth-order valence-electron chi connectivity index (χ4n) is 4.27. The Morgan fingerprint density at radius 3 is 1.38 bits per heavy atom. The number of rotatable bonds is 6. The van der Waals surface area contributed by atoms with E-state index in [1.54, 1.807) is 22.7 Å². The van der Waals surface area contributed by atoms with Crippen molar-refractivity contribution in [2.24, 2.45) is 0 Å². The van der Waals surface area contributed by atoms with E-state index in [2.05, 4.69) is 99.2 Å². The van der Waals surface area contributed by atoms with Gasteiger partial charge in [0.05, 0.1) is 11.7 Å². The van der Waals surface area contributed by atoms with Gasteiger partial charge >= 0.3 is 0 Å². The molecule has 0 unspecified atom stereocenters. The molecule has 0 N–H and O–H groups in total. The minimum Gasteiger partial charge on any atom is -0.172 e. The maximum Gasteiger partial charge on any atom is 0.114 e. The second kappa shape index (κ2) is 10.2. The van der Waals surface area contributed by atoms with E-state index in [-0.39, 0.29) is 0 Å². The highest BCUT2D eigenvalue weighted by Crippen LogP contribution is 2.41. The monoisotopic (exact) mass is 572 g/mol. The molecule has 0 saturated heterocycles. The predicted molar refractivity (Wildman–Crippen MR) is 169 cm³/mol. The predicted octanol–water partition coefficient (Wildman–Crippen LogP) is 10.8. The van der Waals surface area contributed by atoms with Crippen molar-refractivity contribution in [1.29, 1.82) is 0 Å². The molecule has 0 aliphatic heterocycles. The van der Waals surface area contributed by atoms with Gasteiger partial charge in [-0.05, 0) is 109 Å². The molecule has 0 fully saturated rings. The van der Waals surface area contributed by atoms with E-state index < -0.39 is 0 Å². The van der Waals surface area contributed by atoms with E-state index in [1.165, 1.54) is 63.2 Å². The zero-order chi connectivity index (χ0) is 25.5. The van der Waals surface area contributed by atoms with Crippen LogP contribution in [0.25, 0.3) is 56.2 Å². The highest BCUT2D eigenvalue weighted by molar-refractivity contribution is 7.17. The second-order valence-corrected chi connectivity index (χ2v) is 13.6. The molecule has 1 aromatic carbocycles. The van der Waals surface area contributed by atoms with E-state index in [0.29, 0.717) is 0 Å². The maximum atomic E-state index is 4.74. The number of aryl methyl sites for hydroxylation is 4. The van der Waals surface area contributed by atoms with Gasteiger partial charge in [-0.2, -0.15) is 8.75 Å². The Kier molecular flexibility index (Phi) is 6.82. The summed E-state index contributed by atoms with van der Waals surface area (Å²) in [6, 6.07) is 13.4. The summed E-state index contributed by atoms with van der Waals surface area (Å²) in [7, 11) is 0. The molecule has 2 nitrogen and oxygen atoms in total. The lowest BCUT2D eigenvalue weighted by Gasteiger charge is -2.03. The highest BCUT2D eigenvalue weighted by Gasteiger charge is 2.17. The molecule has 0 spiro atoms. The molecule has 0 radical (unpaired) electrons. The van der Waals surface area contributed by atoms with Gasteiger partial charge in [-0.3, -0.25) is 0 Å². The van der Waals surface area contributed by atoms with Crippen LogP contribution in [0, 0.1) is 27.7 Å². The molecule has 0 bridgehead atoms. The lowest BCUT2D eigenvalue weighted by atomic mass is 10.0. The first-order chi connectivity index (χ1) is 18.0.